The number of esters is 1. The van der Waals surface area contributed by atoms with Gasteiger partial charge in [-0.1, -0.05) is 12.1 Å². The Kier molecular flexibility index (Phi) is 3.42. The molecular weight excluding hydrogens is 250 g/mol. The lowest BCUT2D eigenvalue weighted by Crippen LogP contribution is -2.08. The van der Waals surface area contributed by atoms with Crippen molar-refractivity contribution < 1.29 is 19.6 Å². The number of nitro benzene ring substituents is 1. The third-order valence-corrected chi connectivity index (χ3v) is 2.38. The summed E-state index contributed by atoms with van der Waals surface area (Å²) in [5.74, 6) is -0.819. The predicted octanol–water partition coefficient (Wildman–Crippen LogP) is 2.52. The van der Waals surface area contributed by atoms with Gasteiger partial charge in [-0.25, -0.2) is 4.79 Å². The van der Waals surface area contributed by atoms with Crippen LogP contribution in [0.4, 0.5) is 5.69 Å². The maximum Gasteiger partial charge on any atom is 0.343 e. The number of nitro groups is 1. The summed E-state index contributed by atoms with van der Waals surface area (Å²) < 4.78 is 4.97. The van der Waals surface area contributed by atoms with Crippen molar-refractivity contribution in [3.05, 3.63) is 64.2 Å². The predicted molar refractivity (Wildman–Crippen MR) is 66.2 cm³/mol. The van der Waals surface area contributed by atoms with Crippen molar-refractivity contribution in [3.8, 4) is 11.5 Å². The minimum atomic E-state index is -0.698. The van der Waals surface area contributed by atoms with Gasteiger partial charge in [0.2, 0.25) is 0 Å². The number of hydrogen-bond donors (Lipinski definition) is 1. The van der Waals surface area contributed by atoms with Crippen molar-refractivity contribution in [1.29, 1.82) is 0 Å². The number of aromatic hydroxyl groups is 1. The molecule has 6 nitrogen and oxygen atoms in total. The van der Waals surface area contributed by atoms with E-state index >= 15 is 0 Å². The molecule has 0 saturated heterocycles. The molecule has 0 atom stereocenters. The van der Waals surface area contributed by atoms with Crippen molar-refractivity contribution in [3.63, 3.8) is 0 Å². The highest BCUT2D eigenvalue weighted by molar-refractivity contribution is 5.91. The average molecular weight is 259 g/mol. The second-order valence-electron chi connectivity index (χ2n) is 3.66. The molecule has 0 aliphatic rings. The topological polar surface area (TPSA) is 89.7 Å². The highest BCUT2D eigenvalue weighted by atomic mass is 16.6. The minimum Gasteiger partial charge on any atom is -0.504 e. The van der Waals surface area contributed by atoms with E-state index in [2.05, 4.69) is 0 Å². The fraction of sp³-hybridized carbons (Fsp3) is 0. The van der Waals surface area contributed by atoms with E-state index in [9.17, 15) is 20.0 Å². The van der Waals surface area contributed by atoms with Crippen molar-refractivity contribution >= 4 is 11.7 Å². The lowest BCUT2D eigenvalue weighted by Gasteiger charge is -2.05. The van der Waals surface area contributed by atoms with E-state index in [1.54, 1.807) is 12.1 Å². The van der Waals surface area contributed by atoms with Crippen LogP contribution in [0.2, 0.25) is 0 Å². The highest BCUT2D eigenvalue weighted by Crippen LogP contribution is 2.25. The first-order valence-corrected chi connectivity index (χ1v) is 5.32. The Bertz CT molecular complexity index is 621. The maximum absolute atomic E-state index is 11.7. The van der Waals surface area contributed by atoms with Crippen molar-refractivity contribution in [1.82, 2.24) is 0 Å². The fourth-order valence-corrected chi connectivity index (χ4v) is 1.42. The van der Waals surface area contributed by atoms with Gasteiger partial charge in [-0.05, 0) is 24.3 Å². The van der Waals surface area contributed by atoms with Crippen LogP contribution in [0.3, 0.4) is 0 Å². The monoisotopic (exact) mass is 259 g/mol. The number of hydrogen-bond acceptors (Lipinski definition) is 5. The van der Waals surface area contributed by atoms with Crippen molar-refractivity contribution in [2.24, 2.45) is 0 Å². The average Bonchev–Trinajstić information content (AvgIpc) is 2.41. The lowest BCUT2D eigenvalue weighted by molar-refractivity contribution is -0.384. The molecule has 0 aliphatic carbocycles. The summed E-state index contributed by atoms with van der Waals surface area (Å²) in [5.41, 5.74) is 0.0490. The molecule has 1 N–H and O–H groups in total. The van der Waals surface area contributed by atoms with Crippen LogP contribution < -0.4 is 4.74 Å². The standard InChI is InChI=1S/C13H9NO5/c15-11-3-1-2-4-12(11)19-13(16)9-5-7-10(8-6-9)14(17)18/h1-8,15H. The lowest BCUT2D eigenvalue weighted by atomic mass is 10.2. The molecule has 0 saturated carbocycles. The molecule has 19 heavy (non-hydrogen) atoms. The van der Waals surface area contributed by atoms with Crippen LogP contribution in [0.5, 0.6) is 11.5 Å². The summed E-state index contributed by atoms with van der Waals surface area (Å²) in [6.07, 6.45) is 0. The van der Waals surface area contributed by atoms with Gasteiger partial charge in [0.15, 0.2) is 11.5 Å². The van der Waals surface area contributed by atoms with Crippen LogP contribution in [0.15, 0.2) is 48.5 Å². The Morgan fingerprint density at radius 1 is 1.11 bits per heavy atom. The summed E-state index contributed by atoms with van der Waals surface area (Å²) in [5, 5.41) is 19.9. The first-order valence-electron chi connectivity index (χ1n) is 5.32. The highest BCUT2D eigenvalue weighted by Gasteiger charge is 2.12. The van der Waals surface area contributed by atoms with Gasteiger partial charge in [0.05, 0.1) is 10.5 Å². The number of phenols is 1. The SMILES string of the molecule is O=C(Oc1ccccc1O)c1ccc([N+](=O)[O-])cc1. The maximum atomic E-state index is 11.7. The number of rotatable bonds is 3. The van der Waals surface area contributed by atoms with E-state index < -0.39 is 10.9 Å². The normalized spacial score (nSPS) is 9.89. The Morgan fingerprint density at radius 3 is 2.32 bits per heavy atom. The van der Waals surface area contributed by atoms with Gasteiger partial charge >= 0.3 is 5.97 Å². The van der Waals surface area contributed by atoms with E-state index in [1.807, 2.05) is 0 Å². The fourth-order valence-electron chi connectivity index (χ4n) is 1.42. The number of benzene rings is 2. The molecule has 2 rings (SSSR count). The molecule has 2 aromatic rings. The molecule has 0 unspecified atom stereocenters. The first-order chi connectivity index (χ1) is 9.08. The van der Waals surface area contributed by atoms with E-state index in [0.717, 1.165) is 0 Å². The van der Waals surface area contributed by atoms with E-state index in [4.69, 9.17) is 4.74 Å². The van der Waals surface area contributed by atoms with Gasteiger partial charge in [0.1, 0.15) is 0 Å². The molecule has 0 radical (unpaired) electrons. The number of phenolic OH excluding ortho intramolecular Hbond substituents is 1. The van der Waals surface area contributed by atoms with Gasteiger partial charge < -0.3 is 9.84 Å². The van der Waals surface area contributed by atoms with Crippen LogP contribution in [-0.2, 0) is 0 Å². The van der Waals surface area contributed by atoms with Gasteiger partial charge in [0.25, 0.3) is 5.69 Å². The third-order valence-electron chi connectivity index (χ3n) is 2.38. The number of para-hydroxylation sites is 2. The molecule has 0 aromatic heterocycles. The smallest absolute Gasteiger partial charge is 0.343 e. The largest absolute Gasteiger partial charge is 0.504 e. The molecule has 96 valence electrons. The zero-order chi connectivity index (χ0) is 13.8. The number of non-ortho nitro benzene ring substituents is 1. The Morgan fingerprint density at radius 2 is 1.74 bits per heavy atom. The quantitative estimate of drug-likeness (QED) is 0.396. The number of carbonyl (C=O) groups excluding carboxylic acids is 1. The number of ether oxygens (including phenoxy) is 1. The summed E-state index contributed by atoms with van der Waals surface area (Å²) in [6.45, 7) is 0. The van der Waals surface area contributed by atoms with E-state index in [0.29, 0.717) is 0 Å². The first kappa shape index (κ1) is 12.6. The van der Waals surface area contributed by atoms with Crippen molar-refractivity contribution in [2.45, 2.75) is 0 Å². The van der Waals surface area contributed by atoms with Crippen LogP contribution in [-0.4, -0.2) is 16.0 Å². The summed E-state index contributed by atoms with van der Waals surface area (Å²) in [6, 6.07) is 11.0. The zero-order valence-corrected chi connectivity index (χ0v) is 9.65. The van der Waals surface area contributed by atoms with Crippen molar-refractivity contribution in [2.75, 3.05) is 0 Å². The Balaban J connectivity index is 2.16. The molecule has 0 bridgehead atoms. The molecule has 0 fully saturated rings. The van der Waals surface area contributed by atoms with Crippen LogP contribution >= 0.6 is 0 Å². The van der Waals surface area contributed by atoms with E-state index in [-0.39, 0.29) is 22.7 Å². The van der Waals surface area contributed by atoms with Crippen LogP contribution in [0.25, 0.3) is 0 Å². The van der Waals surface area contributed by atoms with Gasteiger partial charge in [-0.2, -0.15) is 0 Å². The van der Waals surface area contributed by atoms with Gasteiger partial charge in [-0.3, -0.25) is 10.1 Å². The van der Waals surface area contributed by atoms with Crippen LogP contribution in [0, 0.1) is 10.1 Å². The molecule has 0 aliphatic heterocycles. The zero-order valence-electron chi connectivity index (χ0n) is 9.65. The molecule has 0 spiro atoms. The third kappa shape index (κ3) is 2.86. The Labute approximate surface area is 108 Å². The second-order valence-corrected chi connectivity index (χ2v) is 3.66. The molecule has 0 heterocycles. The summed E-state index contributed by atoms with van der Waals surface area (Å²) in [4.78, 5) is 21.7. The van der Waals surface area contributed by atoms with Crippen LogP contribution in [0.1, 0.15) is 10.4 Å². The number of nitrogens with zero attached hydrogens (tertiary/aromatic N) is 1. The number of carbonyl (C=O) groups is 1. The molecule has 0 amide bonds. The minimum absolute atomic E-state index is 0.0332. The molecular formula is C13H9NO5. The molecule has 2 aromatic carbocycles. The van der Waals surface area contributed by atoms with Gasteiger partial charge in [-0.15, -0.1) is 0 Å². The Hall–Kier alpha value is -2.89. The summed E-state index contributed by atoms with van der Waals surface area (Å²) >= 11 is 0. The second kappa shape index (κ2) is 5.18. The van der Waals surface area contributed by atoms with Gasteiger partial charge in [0, 0.05) is 12.1 Å². The molecule has 6 heteroatoms. The van der Waals surface area contributed by atoms with E-state index in [1.165, 1.54) is 36.4 Å². The summed E-state index contributed by atoms with van der Waals surface area (Å²) in [7, 11) is 0.